The summed E-state index contributed by atoms with van der Waals surface area (Å²) in [4.78, 5) is 7.62. The minimum absolute atomic E-state index is 0.0384. The Kier molecular flexibility index (Phi) is 7.13. The molecule has 1 aliphatic heterocycles. The highest BCUT2D eigenvalue weighted by Gasteiger charge is 2.31. The van der Waals surface area contributed by atoms with Crippen LogP contribution in [0.1, 0.15) is 28.3 Å². The molecule has 0 N–H and O–H groups in total. The molecule has 0 radical (unpaired) electrons. The van der Waals surface area contributed by atoms with Crippen LogP contribution in [0.15, 0.2) is 126 Å². The molecule has 1 unspecified atom stereocenters. The van der Waals surface area contributed by atoms with E-state index in [2.05, 4.69) is 120 Å². The lowest BCUT2D eigenvalue weighted by atomic mass is 10.0. The van der Waals surface area contributed by atoms with Gasteiger partial charge in [-0.05, 0) is 28.7 Å². The number of ether oxygens (including phenoxy) is 1. The van der Waals surface area contributed by atoms with Crippen LogP contribution in [0.3, 0.4) is 0 Å². The van der Waals surface area contributed by atoms with Crippen LogP contribution in [0.25, 0.3) is 0 Å². The fraction of sp³-hybridized carbons (Fsp3) is 0.194. The highest BCUT2D eigenvalue weighted by atomic mass is 16.5. The summed E-state index contributed by atoms with van der Waals surface area (Å²) >= 11 is 0. The highest BCUT2D eigenvalue weighted by molar-refractivity contribution is 5.83. The Morgan fingerprint density at radius 1 is 0.647 bits per heavy atom. The second-order valence-electron chi connectivity index (χ2n) is 8.79. The van der Waals surface area contributed by atoms with Crippen LogP contribution in [-0.4, -0.2) is 23.4 Å². The van der Waals surface area contributed by atoms with Gasteiger partial charge in [-0.1, -0.05) is 121 Å². The zero-order chi connectivity index (χ0) is 23.0. The molecule has 0 amide bonds. The van der Waals surface area contributed by atoms with Crippen LogP contribution in [0, 0.1) is 0 Å². The minimum atomic E-state index is 0.0384. The van der Waals surface area contributed by atoms with Gasteiger partial charge in [0.05, 0.1) is 6.04 Å². The molecule has 4 aromatic rings. The van der Waals surface area contributed by atoms with Gasteiger partial charge in [0.2, 0.25) is 5.90 Å². The van der Waals surface area contributed by atoms with Gasteiger partial charge < -0.3 is 4.74 Å². The topological polar surface area (TPSA) is 24.8 Å². The molecule has 0 saturated carbocycles. The van der Waals surface area contributed by atoms with Crippen molar-refractivity contribution in [2.45, 2.75) is 31.6 Å². The van der Waals surface area contributed by atoms with Crippen molar-refractivity contribution in [1.29, 1.82) is 0 Å². The summed E-state index contributed by atoms with van der Waals surface area (Å²) in [5.41, 5.74) is 5.06. The van der Waals surface area contributed by atoms with E-state index in [1.807, 2.05) is 6.07 Å². The monoisotopic (exact) mass is 446 g/mol. The summed E-state index contributed by atoms with van der Waals surface area (Å²) in [7, 11) is 0. The summed E-state index contributed by atoms with van der Waals surface area (Å²) in [5.74, 6) is 0.838. The molecule has 0 bridgehead atoms. The van der Waals surface area contributed by atoms with Crippen molar-refractivity contribution in [3.63, 3.8) is 0 Å². The number of rotatable bonds is 9. The van der Waals surface area contributed by atoms with E-state index in [0.717, 1.165) is 25.4 Å². The molecule has 1 heterocycles. The van der Waals surface area contributed by atoms with Crippen molar-refractivity contribution in [3.8, 4) is 0 Å². The molecule has 2 atom stereocenters. The molecule has 0 aliphatic carbocycles. The van der Waals surface area contributed by atoms with Crippen molar-refractivity contribution in [2.24, 2.45) is 4.99 Å². The normalized spacial score (nSPS) is 16.1. The molecule has 1 aliphatic rings. The third-order valence-electron chi connectivity index (χ3n) is 6.31. The summed E-state index contributed by atoms with van der Waals surface area (Å²) in [6, 6.07) is 42.6. The van der Waals surface area contributed by atoms with Crippen molar-refractivity contribution in [1.82, 2.24) is 4.90 Å². The highest BCUT2D eigenvalue weighted by Crippen LogP contribution is 2.27. The fourth-order valence-corrected chi connectivity index (χ4v) is 4.54. The summed E-state index contributed by atoms with van der Waals surface area (Å²) in [5, 5.41) is 0. The molecular formula is C31H30N2O. The second kappa shape index (κ2) is 11.0. The van der Waals surface area contributed by atoms with Crippen molar-refractivity contribution >= 4 is 5.90 Å². The lowest BCUT2D eigenvalue weighted by Crippen LogP contribution is -2.42. The van der Waals surface area contributed by atoms with Crippen LogP contribution in [0.4, 0.5) is 0 Å². The van der Waals surface area contributed by atoms with E-state index in [-0.39, 0.29) is 12.1 Å². The largest absolute Gasteiger partial charge is 0.477 e. The molecule has 170 valence electrons. The number of aliphatic imine (C=N–C) groups is 1. The molecule has 5 rings (SSSR count). The van der Waals surface area contributed by atoms with Gasteiger partial charge in [0.1, 0.15) is 12.6 Å². The lowest BCUT2D eigenvalue weighted by molar-refractivity contribution is 0.191. The standard InChI is InChI=1S/C31H30N2O/c1-5-13-25(14-6-1)21-30(31-32-29(24-34-31)28-19-11-4-12-20-28)33(22-26-15-7-2-8-16-26)23-27-17-9-3-10-18-27/h1-20,29-30H,21-24H2/t29-,30?/m0/s1. The summed E-state index contributed by atoms with van der Waals surface area (Å²) in [6.45, 7) is 2.24. The first-order chi connectivity index (χ1) is 16.8. The van der Waals surface area contributed by atoms with Crippen LogP contribution >= 0.6 is 0 Å². The van der Waals surface area contributed by atoms with E-state index < -0.39 is 0 Å². The fourth-order valence-electron chi connectivity index (χ4n) is 4.54. The van der Waals surface area contributed by atoms with Crippen LogP contribution < -0.4 is 0 Å². The molecule has 0 spiro atoms. The first-order valence-corrected chi connectivity index (χ1v) is 12.0. The van der Waals surface area contributed by atoms with Gasteiger partial charge >= 0.3 is 0 Å². The molecular weight excluding hydrogens is 416 g/mol. The van der Waals surface area contributed by atoms with E-state index in [0.29, 0.717) is 6.61 Å². The predicted molar refractivity (Wildman–Crippen MR) is 139 cm³/mol. The quantitative estimate of drug-likeness (QED) is 0.294. The van der Waals surface area contributed by atoms with Gasteiger partial charge in [-0.25, -0.2) is 4.99 Å². The van der Waals surface area contributed by atoms with E-state index in [9.17, 15) is 0 Å². The Morgan fingerprint density at radius 3 is 1.65 bits per heavy atom. The van der Waals surface area contributed by atoms with Crippen LogP contribution in [0.5, 0.6) is 0 Å². The van der Waals surface area contributed by atoms with E-state index >= 15 is 0 Å². The number of hydrogen-bond donors (Lipinski definition) is 0. The van der Waals surface area contributed by atoms with Gasteiger partial charge in [0.25, 0.3) is 0 Å². The maximum atomic E-state index is 6.32. The molecule has 0 saturated heterocycles. The van der Waals surface area contributed by atoms with Gasteiger partial charge in [-0.15, -0.1) is 0 Å². The average Bonchev–Trinajstić information content (AvgIpc) is 3.39. The van der Waals surface area contributed by atoms with E-state index in [1.54, 1.807) is 0 Å². The maximum Gasteiger partial charge on any atom is 0.202 e. The van der Waals surface area contributed by atoms with Crippen molar-refractivity contribution in [2.75, 3.05) is 6.61 Å². The SMILES string of the molecule is c1ccc(CC(C2=N[C@H](c3ccccc3)CO2)N(Cc2ccccc2)Cc2ccccc2)cc1. The predicted octanol–water partition coefficient (Wildman–Crippen LogP) is 6.47. The first-order valence-electron chi connectivity index (χ1n) is 12.0. The summed E-state index contributed by atoms with van der Waals surface area (Å²) in [6.07, 6.45) is 0.848. The molecule has 4 aromatic carbocycles. The zero-order valence-corrected chi connectivity index (χ0v) is 19.3. The van der Waals surface area contributed by atoms with Gasteiger partial charge in [0, 0.05) is 13.1 Å². The number of hydrogen-bond acceptors (Lipinski definition) is 3. The Hall–Kier alpha value is -3.69. The van der Waals surface area contributed by atoms with Crippen LogP contribution in [0.2, 0.25) is 0 Å². The Balaban J connectivity index is 1.50. The minimum Gasteiger partial charge on any atom is -0.477 e. The smallest absolute Gasteiger partial charge is 0.202 e. The maximum absolute atomic E-state index is 6.32. The molecule has 3 nitrogen and oxygen atoms in total. The van der Waals surface area contributed by atoms with Gasteiger partial charge in [-0.3, -0.25) is 4.90 Å². The zero-order valence-electron chi connectivity index (χ0n) is 19.3. The number of benzene rings is 4. The number of nitrogens with zero attached hydrogens (tertiary/aromatic N) is 2. The first kappa shape index (κ1) is 22.1. The molecule has 3 heteroatoms. The van der Waals surface area contributed by atoms with Crippen LogP contribution in [-0.2, 0) is 24.2 Å². The van der Waals surface area contributed by atoms with Crippen molar-refractivity contribution < 1.29 is 4.74 Å². The third-order valence-corrected chi connectivity index (χ3v) is 6.31. The average molecular weight is 447 g/mol. The Morgan fingerprint density at radius 2 is 1.12 bits per heavy atom. The molecule has 0 fully saturated rings. The molecule has 0 aromatic heterocycles. The lowest BCUT2D eigenvalue weighted by Gasteiger charge is -2.31. The molecule has 34 heavy (non-hydrogen) atoms. The van der Waals surface area contributed by atoms with Gasteiger partial charge in [-0.2, -0.15) is 0 Å². The third kappa shape index (κ3) is 5.62. The van der Waals surface area contributed by atoms with E-state index in [1.165, 1.54) is 22.3 Å². The van der Waals surface area contributed by atoms with Gasteiger partial charge in [0.15, 0.2) is 0 Å². The summed E-state index contributed by atoms with van der Waals surface area (Å²) < 4.78 is 6.32. The Labute approximate surface area is 202 Å². The van der Waals surface area contributed by atoms with Crippen molar-refractivity contribution in [3.05, 3.63) is 144 Å². The Bertz CT molecular complexity index is 1140. The van der Waals surface area contributed by atoms with E-state index in [4.69, 9.17) is 9.73 Å². The second-order valence-corrected chi connectivity index (χ2v) is 8.79.